The normalized spacial score (nSPS) is 5.67. The van der Waals surface area contributed by atoms with Gasteiger partial charge in [-0.05, 0) is 0 Å². The number of hydrogen-bond acceptors (Lipinski definition) is 3. The average Bonchev–Trinajstić information content (AvgIpc) is 1.38. The van der Waals surface area contributed by atoms with Gasteiger partial charge in [-0.3, -0.25) is 0 Å². The molecule has 0 fully saturated rings. The van der Waals surface area contributed by atoms with E-state index in [9.17, 15) is 4.79 Å². The van der Waals surface area contributed by atoms with Crippen LogP contribution in [0.1, 0.15) is 14.4 Å². The predicted octanol–water partition coefficient (Wildman–Crippen LogP) is 0.659. The van der Waals surface area contributed by atoms with E-state index in [0.717, 1.165) is 6.92 Å². The van der Waals surface area contributed by atoms with E-state index < -0.39 is 5.97 Å². The van der Waals surface area contributed by atoms with E-state index in [0.29, 0.717) is 0 Å². The highest BCUT2D eigenvalue weighted by Crippen LogP contribution is 1.59. The Morgan fingerprint density at radius 1 is 1.83 bits per heavy atom. The monoisotopic (exact) mass is 92.0 g/mol. The van der Waals surface area contributed by atoms with Crippen molar-refractivity contribution < 1.29 is 14.9 Å². The molecule has 3 nitrogen and oxygen atoms in total. The Kier molecular flexibility index (Phi) is 6.69. The zero-order valence-corrected chi connectivity index (χ0v) is 2.76. The number of hydrogen-bond donors (Lipinski definition) is 1. The molecule has 0 amide bonds. The molecule has 38 valence electrons. The fourth-order valence-corrected chi connectivity index (χ4v) is 0. The lowest BCUT2D eigenvalue weighted by atomic mass is 10.9. The quantitative estimate of drug-likeness (QED) is 0.352. The third-order valence-corrected chi connectivity index (χ3v) is 0.129. The van der Waals surface area contributed by atoms with Gasteiger partial charge in [-0.1, -0.05) is 7.43 Å². The maximum atomic E-state index is 9.34. The second-order valence-corrected chi connectivity index (χ2v) is 0.583. The smallest absolute Gasteiger partial charge is 0.301 e. The zero-order valence-electron chi connectivity index (χ0n) is 2.76. The summed E-state index contributed by atoms with van der Waals surface area (Å²) in [5.41, 5.74) is 0. The summed E-state index contributed by atoms with van der Waals surface area (Å²) in [6.45, 7) is 1.11. The molecule has 0 rings (SSSR count). The first-order chi connectivity index (χ1) is 2.27. The lowest BCUT2D eigenvalue weighted by Crippen LogP contribution is -1.89. The van der Waals surface area contributed by atoms with Crippen molar-refractivity contribution in [2.24, 2.45) is 0 Å². The fourth-order valence-electron chi connectivity index (χ4n) is 0. The summed E-state index contributed by atoms with van der Waals surface area (Å²) >= 11 is 0. The highest BCUT2D eigenvalue weighted by molar-refractivity contribution is 5.64. The van der Waals surface area contributed by atoms with Crippen LogP contribution in [0.5, 0.6) is 0 Å². The topological polar surface area (TPSA) is 46.5 Å². The van der Waals surface area contributed by atoms with E-state index in [4.69, 9.17) is 5.26 Å². The summed E-state index contributed by atoms with van der Waals surface area (Å²) < 4.78 is 0. The van der Waals surface area contributed by atoms with Crippen molar-refractivity contribution in [3.8, 4) is 0 Å². The Labute approximate surface area is 36.5 Å². The first-order valence-electron chi connectivity index (χ1n) is 1.09. The fraction of sp³-hybridized carbons (Fsp3) is 0.667. The molecule has 0 aliphatic rings. The van der Waals surface area contributed by atoms with Crippen LogP contribution in [0, 0.1) is 0 Å². The third kappa shape index (κ3) is 9.90. The summed E-state index contributed by atoms with van der Waals surface area (Å²) in [5.74, 6) is -0.690. The van der Waals surface area contributed by atoms with Crippen molar-refractivity contribution in [1.29, 1.82) is 0 Å². The van der Waals surface area contributed by atoms with Crippen LogP contribution >= 0.6 is 0 Å². The minimum atomic E-state index is -0.690. The molecule has 0 radical (unpaired) electrons. The van der Waals surface area contributed by atoms with Gasteiger partial charge in [0.15, 0.2) is 0 Å². The second-order valence-electron chi connectivity index (χ2n) is 0.583. The molecule has 1 N–H and O–H groups in total. The van der Waals surface area contributed by atoms with Gasteiger partial charge in [0.2, 0.25) is 0 Å². The van der Waals surface area contributed by atoms with Crippen molar-refractivity contribution in [3.63, 3.8) is 0 Å². The highest BCUT2D eigenvalue weighted by Gasteiger charge is 1.79. The molecule has 0 bridgehead atoms. The van der Waals surface area contributed by atoms with Gasteiger partial charge in [-0.2, -0.15) is 5.26 Å². The Hall–Kier alpha value is -0.570. The first-order valence-corrected chi connectivity index (χ1v) is 1.09. The molecule has 3 heteroatoms. The zero-order chi connectivity index (χ0) is 4.28. The molecule has 0 aliphatic heterocycles. The van der Waals surface area contributed by atoms with Crippen molar-refractivity contribution in [2.45, 2.75) is 14.4 Å². The van der Waals surface area contributed by atoms with Crippen molar-refractivity contribution in [2.75, 3.05) is 0 Å². The molecule has 0 unspecified atom stereocenters. The van der Waals surface area contributed by atoms with Gasteiger partial charge in [0.05, 0.1) is 0 Å². The van der Waals surface area contributed by atoms with Gasteiger partial charge in [-0.25, -0.2) is 4.79 Å². The molecular weight excluding hydrogens is 84.0 g/mol. The van der Waals surface area contributed by atoms with Gasteiger partial charge in [0.25, 0.3) is 0 Å². The largest absolute Gasteiger partial charge is 0.339 e. The summed E-state index contributed by atoms with van der Waals surface area (Å²) in [4.78, 5) is 12.5. The number of rotatable bonds is 0. The van der Waals surface area contributed by atoms with E-state index in [2.05, 4.69) is 4.89 Å². The molecule has 0 aromatic heterocycles. The van der Waals surface area contributed by atoms with E-state index in [1.807, 2.05) is 0 Å². The van der Waals surface area contributed by atoms with Gasteiger partial charge in [0, 0.05) is 6.92 Å². The average molecular weight is 92.1 g/mol. The van der Waals surface area contributed by atoms with Gasteiger partial charge in [0.1, 0.15) is 0 Å². The van der Waals surface area contributed by atoms with Crippen LogP contribution < -0.4 is 0 Å². The SMILES string of the molecule is C.CC(=O)OO. The Morgan fingerprint density at radius 3 is 2.00 bits per heavy atom. The maximum Gasteiger partial charge on any atom is 0.339 e. The third-order valence-electron chi connectivity index (χ3n) is 0.129. The molecule has 0 atom stereocenters. The van der Waals surface area contributed by atoms with E-state index in [1.54, 1.807) is 0 Å². The molecular formula is C3H8O3. The van der Waals surface area contributed by atoms with Crippen molar-refractivity contribution >= 4 is 5.97 Å². The lowest BCUT2D eigenvalue weighted by Gasteiger charge is -1.76. The van der Waals surface area contributed by atoms with E-state index in [-0.39, 0.29) is 7.43 Å². The minimum absolute atomic E-state index is 0. The summed E-state index contributed by atoms with van der Waals surface area (Å²) in [6, 6.07) is 0. The maximum absolute atomic E-state index is 9.34. The van der Waals surface area contributed by atoms with Crippen LogP contribution in [0.2, 0.25) is 0 Å². The Balaban J connectivity index is 0. The summed E-state index contributed by atoms with van der Waals surface area (Å²) in [5, 5.41) is 7.29. The summed E-state index contributed by atoms with van der Waals surface area (Å²) in [6.07, 6.45) is 0. The molecule has 0 spiro atoms. The number of carbonyl (C=O) groups excluding carboxylic acids is 1. The number of carbonyl (C=O) groups is 1. The molecule has 0 saturated carbocycles. The van der Waals surface area contributed by atoms with Crippen LogP contribution in [0.4, 0.5) is 0 Å². The second kappa shape index (κ2) is 4.43. The molecule has 0 aromatic carbocycles. The van der Waals surface area contributed by atoms with Crippen LogP contribution in [-0.2, 0) is 9.68 Å². The van der Waals surface area contributed by atoms with Crippen LogP contribution in [0.3, 0.4) is 0 Å². The standard InChI is InChI=1S/C2H4O3.CH4/c1-2(3)5-4;/h4H,1H3;1H4. The molecule has 0 heterocycles. The van der Waals surface area contributed by atoms with Gasteiger partial charge in [-0.15, -0.1) is 0 Å². The molecule has 0 aromatic rings. The molecule has 6 heavy (non-hydrogen) atoms. The van der Waals surface area contributed by atoms with Crippen molar-refractivity contribution in [1.82, 2.24) is 0 Å². The van der Waals surface area contributed by atoms with E-state index >= 15 is 0 Å². The van der Waals surface area contributed by atoms with Crippen LogP contribution in [0.15, 0.2) is 0 Å². The minimum Gasteiger partial charge on any atom is -0.301 e. The molecule has 0 aliphatic carbocycles. The van der Waals surface area contributed by atoms with Crippen molar-refractivity contribution in [3.05, 3.63) is 0 Å². The van der Waals surface area contributed by atoms with Gasteiger partial charge < -0.3 is 4.89 Å². The highest BCUT2D eigenvalue weighted by atomic mass is 17.1. The van der Waals surface area contributed by atoms with Crippen LogP contribution in [0.25, 0.3) is 0 Å². The summed E-state index contributed by atoms with van der Waals surface area (Å²) in [7, 11) is 0. The Morgan fingerprint density at radius 2 is 2.00 bits per heavy atom. The predicted molar refractivity (Wildman–Crippen MR) is 21.1 cm³/mol. The Bertz CT molecular complexity index is 41.3. The van der Waals surface area contributed by atoms with Crippen LogP contribution in [-0.4, -0.2) is 11.2 Å². The lowest BCUT2D eigenvalue weighted by molar-refractivity contribution is -0.231. The molecule has 0 saturated heterocycles. The van der Waals surface area contributed by atoms with Gasteiger partial charge >= 0.3 is 5.97 Å². The van der Waals surface area contributed by atoms with E-state index in [1.165, 1.54) is 0 Å². The first kappa shape index (κ1) is 9.06.